The van der Waals surface area contributed by atoms with Crippen molar-refractivity contribution in [3.63, 3.8) is 0 Å². The van der Waals surface area contributed by atoms with Gasteiger partial charge in [0.25, 0.3) is 0 Å². The number of fused-ring (bicyclic) bond motifs is 6. The SMILES string of the molecule is CC(C)(C)c1cc(Oc2[c-]c3c(cc2)c2ccccc2n3-c2cc(C(C)(C)c3ccccc3)ccn2)[c-]c(N2[CH-]n3ccnc3-c3ccccc32)c1.[Pt]. The Labute approximate surface area is 325 Å². The Morgan fingerprint density at radius 1 is 0.660 bits per heavy atom. The van der Waals surface area contributed by atoms with E-state index in [-0.39, 0.29) is 31.9 Å². The molecule has 53 heavy (non-hydrogen) atoms. The number of para-hydroxylation sites is 2. The molecule has 9 rings (SSSR count). The van der Waals surface area contributed by atoms with Crippen LogP contribution in [0.15, 0.2) is 134 Å². The van der Waals surface area contributed by atoms with Crippen molar-refractivity contribution < 1.29 is 25.8 Å². The molecule has 8 aromatic rings. The first-order chi connectivity index (χ1) is 25.1. The van der Waals surface area contributed by atoms with E-state index in [1.165, 1.54) is 11.1 Å². The van der Waals surface area contributed by atoms with Crippen molar-refractivity contribution in [3.05, 3.63) is 169 Å². The van der Waals surface area contributed by atoms with E-state index in [0.717, 1.165) is 55.9 Å². The van der Waals surface area contributed by atoms with Crippen molar-refractivity contribution in [2.24, 2.45) is 0 Å². The Hall–Kier alpha value is -5.58. The first kappa shape index (κ1) is 34.5. The van der Waals surface area contributed by atoms with E-state index in [9.17, 15) is 0 Å². The minimum absolute atomic E-state index is 0. The van der Waals surface area contributed by atoms with Crippen LogP contribution in [-0.2, 0) is 31.9 Å². The minimum Gasteiger partial charge on any atom is -0.509 e. The fourth-order valence-electron chi connectivity index (χ4n) is 7.25. The maximum absolute atomic E-state index is 6.71. The van der Waals surface area contributed by atoms with E-state index in [1.54, 1.807) is 0 Å². The first-order valence-corrected chi connectivity index (χ1v) is 17.7. The second kappa shape index (κ2) is 13.1. The van der Waals surface area contributed by atoms with E-state index in [0.29, 0.717) is 11.5 Å². The number of ether oxygens (including phenoxy) is 1. The van der Waals surface area contributed by atoms with Gasteiger partial charge in [0.05, 0.1) is 0 Å². The molecular weight excluding hydrogens is 834 g/mol. The molecule has 0 aliphatic carbocycles. The zero-order valence-electron chi connectivity index (χ0n) is 30.2. The molecule has 0 atom stereocenters. The van der Waals surface area contributed by atoms with Gasteiger partial charge in [0.15, 0.2) is 0 Å². The Bertz CT molecular complexity index is 2610. The molecule has 3 aromatic heterocycles. The van der Waals surface area contributed by atoms with Gasteiger partial charge < -0.3 is 23.8 Å². The second-order valence-corrected chi connectivity index (χ2v) is 15.0. The van der Waals surface area contributed by atoms with Gasteiger partial charge in [-0.1, -0.05) is 119 Å². The van der Waals surface area contributed by atoms with E-state index in [2.05, 4.69) is 171 Å². The molecule has 5 aromatic carbocycles. The van der Waals surface area contributed by atoms with Crippen molar-refractivity contribution in [3.8, 4) is 28.7 Å². The topological polar surface area (TPSA) is 48.1 Å². The van der Waals surface area contributed by atoms with Gasteiger partial charge in [-0.2, -0.15) is 6.07 Å². The van der Waals surface area contributed by atoms with Gasteiger partial charge in [0, 0.05) is 61.2 Å². The molecule has 0 unspecified atom stereocenters. The third kappa shape index (κ3) is 6.01. The molecule has 266 valence electrons. The van der Waals surface area contributed by atoms with E-state index in [4.69, 9.17) is 9.72 Å². The zero-order chi connectivity index (χ0) is 35.6. The quantitative estimate of drug-likeness (QED) is 0.156. The van der Waals surface area contributed by atoms with Gasteiger partial charge in [-0.3, -0.25) is 0 Å². The molecule has 4 heterocycles. The van der Waals surface area contributed by atoms with Crippen LogP contribution >= 0.6 is 0 Å². The number of benzene rings is 5. The van der Waals surface area contributed by atoms with Crippen LogP contribution in [0.25, 0.3) is 39.0 Å². The summed E-state index contributed by atoms with van der Waals surface area (Å²) in [6.07, 6.45) is 5.71. The summed E-state index contributed by atoms with van der Waals surface area (Å²) < 4.78 is 11.0. The predicted molar refractivity (Wildman–Crippen MR) is 210 cm³/mol. The molecule has 1 aliphatic rings. The summed E-state index contributed by atoms with van der Waals surface area (Å²) in [5.74, 6) is 2.97. The zero-order valence-corrected chi connectivity index (χ0v) is 32.5. The summed E-state index contributed by atoms with van der Waals surface area (Å²) in [6, 6.07) is 47.4. The minimum atomic E-state index is -0.215. The van der Waals surface area contributed by atoms with Crippen molar-refractivity contribution in [2.45, 2.75) is 45.4 Å². The van der Waals surface area contributed by atoms with Crippen LogP contribution in [0.3, 0.4) is 0 Å². The van der Waals surface area contributed by atoms with Crippen LogP contribution in [0.4, 0.5) is 11.4 Å². The molecule has 0 amide bonds. The Balaban J connectivity index is 0.00000400. The molecule has 0 bridgehead atoms. The third-order valence-corrected chi connectivity index (χ3v) is 10.2. The fourth-order valence-corrected chi connectivity index (χ4v) is 7.25. The van der Waals surface area contributed by atoms with E-state index in [1.807, 2.05) is 35.3 Å². The van der Waals surface area contributed by atoms with Gasteiger partial charge >= 0.3 is 0 Å². The number of aromatic nitrogens is 4. The molecule has 1 aliphatic heterocycles. The van der Waals surface area contributed by atoms with Crippen LogP contribution in [0.2, 0.25) is 0 Å². The maximum atomic E-state index is 6.71. The number of imidazole rings is 1. The summed E-state index contributed by atoms with van der Waals surface area (Å²) in [5, 5.41) is 2.22. The van der Waals surface area contributed by atoms with Gasteiger partial charge in [-0.15, -0.1) is 41.3 Å². The maximum Gasteiger partial charge on any atom is 0.135 e. The van der Waals surface area contributed by atoms with E-state index < -0.39 is 0 Å². The van der Waals surface area contributed by atoms with Gasteiger partial charge in [0.1, 0.15) is 5.82 Å². The number of pyridine rings is 1. The summed E-state index contributed by atoms with van der Waals surface area (Å²) in [5.41, 5.74) is 8.16. The number of hydrogen-bond acceptors (Lipinski definition) is 4. The summed E-state index contributed by atoms with van der Waals surface area (Å²) in [6.45, 7) is 13.2. The molecule has 6 nitrogen and oxygen atoms in total. The summed E-state index contributed by atoms with van der Waals surface area (Å²) >= 11 is 0. The van der Waals surface area contributed by atoms with Crippen molar-refractivity contribution in [2.75, 3.05) is 4.90 Å². The molecular formula is C46H38N5OPt-3. The number of rotatable bonds is 6. The van der Waals surface area contributed by atoms with E-state index >= 15 is 0 Å². The van der Waals surface area contributed by atoms with Crippen LogP contribution in [0.5, 0.6) is 11.5 Å². The number of anilines is 2. The second-order valence-electron chi connectivity index (χ2n) is 15.0. The normalized spacial score (nSPS) is 12.6. The van der Waals surface area contributed by atoms with Gasteiger partial charge in [0.2, 0.25) is 0 Å². The van der Waals surface area contributed by atoms with Gasteiger partial charge in [-0.25, -0.2) is 4.98 Å². The molecule has 0 saturated carbocycles. The number of hydrogen-bond donors (Lipinski definition) is 0. The molecule has 7 heteroatoms. The van der Waals surface area contributed by atoms with Crippen LogP contribution in [-0.4, -0.2) is 19.1 Å². The van der Waals surface area contributed by atoms with Crippen LogP contribution in [0.1, 0.15) is 51.3 Å². The Kier molecular flexibility index (Phi) is 8.54. The molecule has 0 N–H and O–H groups in total. The standard InChI is InChI=1S/C46H38N5O.Pt/c1-45(2,3)33-25-34(50-30-49-24-23-48-44(49)39-16-10-11-17-40(39)50)28-36(26-33)52-35-19-20-38-37-15-9-12-18-41(37)51(42(38)29-35)43-27-32(21-22-47-43)46(4,5)31-13-7-6-8-14-31;/h6-27,30H,1-5H3;/q-3;. The Morgan fingerprint density at radius 3 is 2.26 bits per heavy atom. The molecule has 0 saturated heterocycles. The van der Waals surface area contributed by atoms with Crippen molar-refractivity contribution in [1.82, 2.24) is 19.1 Å². The first-order valence-electron chi connectivity index (χ1n) is 17.7. The Morgan fingerprint density at radius 2 is 1.43 bits per heavy atom. The largest absolute Gasteiger partial charge is 0.509 e. The molecule has 0 fully saturated rings. The monoisotopic (exact) mass is 871 g/mol. The average Bonchev–Trinajstić information content (AvgIpc) is 3.77. The predicted octanol–water partition coefficient (Wildman–Crippen LogP) is 11.2. The van der Waals surface area contributed by atoms with Crippen LogP contribution < -0.4 is 9.64 Å². The summed E-state index contributed by atoms with van der Waals surface area (Å²) in [4.78, 5) is 11.7. The summed E-state index contributed by atoms with van der Waals surface area (Å²) in [7, 11) is 0. The molecule has 0 spiro atoms. The average molecular weight is 872 g/mol. The number of nitrogens with zero attached hydrogens (tertiary/aromatic N) is 5. The fraction of sp³-hybridized carbons (Fsp3) is 0.152. The van der Waals surface area contributed by atoms with Gasteiger partial charge in [-0.05, 0) is 64.6 Å². The molecule has 0 radical (unpaired) electrons. The van der Waals surface area contributed by atoms with Crippen molar-refractivity contribution >= 4 is 33.2 Å². The third-order valence-electron chi connectivity index (χ3n) is 10.2. The van der Waals surface area contributed by atoms with Crippen molar-refractivity contribution in [1.29, 1.82) is 0 Å². The van der Waals surface area contributed by atoms with Crippen LogP contribution in [0, 0.1) is 18.8 Å². The smallest absolute Gasteiger partial charge is 0.135 e.